The van der Waals surface area contributed by atoms with Gasteiger partial charge in [-0.3, -0.25) is 33.7 Å². The molecule has 0 bridgehead atoms. The molecule has 2 aromatic carbocycles. The number of carboxylic acids is 1. The van der Waals surface area contributed by atoms with E-state index >= 15 is 0 Å². The lowest BCUT2D eigenvalue weighted by molar-refractivity contribution is -0.143. The molecule has 0 saturated carbocycles. The molecule has 0 radical (unpaired) electrons. The number of ether oxygens (including phenoxy) is 1. The van der Waals surface area contributed by atoms with E-state index in [1.807, 2.05) is 53.8 Å². The number of fused-ring (bicyclic) bond motifs is 3. The SMILES string of the molecule is NC(=O)C[C@H](NC(=O)CNC(=O)CNC(=O)CNC(=O)CNC(=O)[C@@H]1CCCN1C(=O)OCC1c2ccccc2-c2ccccc21)C(=O)O. The first-order chi connectivity index (χ1) is 23.4. The van der Waals surface area contributed by atoms with Gasteiger partial charge in [-0.15, -0.1) is 0 Å². The third-order valence-corrected chi connectivity index (χ3v) is 7.93. The Morgan fingerprint density at radius 2 is 1.29 bits per heavy atom. The molecule has 8 N–H and O–H groups in total. The highest BCUT2D eigenvalue weighted by atomic mass is 16.6. The van der Waals surface area contributed by atoms with Crippen molar-refractivity contribution in [2.24, 2.45) is 5.73 Å². The van der Waals surface area contributed by atoms with Gasteiger partial charge in [-0.05, 0) is 35.1 Å². The first kappa shape index (κ1) is 35.8. The maximum absolute atomic E-state index is 13.1. The van der Waals surface area contributed by atoms with Crippen LogP contribution in [-0.4, -0.2) is 109 Å². The van der Waals surface area contributed by atoms with E-state index in [-0.39, 0.29) is 12.5 Å². The monoisotopic (exact) mass is 679 g/mol. The van der Waals surface area contributed by atoms with Crippen molar-refractivity contribution in [1.82, 2.24) is 31.5 Å². The highest BCUT2D eigenvalue weighted by Crippen LogP contribution is 2.44. The Bertz CT molecular complexity index is 1590. The van der Waals surface area contributed by atoms with E-state index in [9.17, 15) is 38.4 Å². The quantitative estimate of drug-likeness (QED) is 0.112. The van der Waals surface area contributed by atoms with Crippen LogP contribution in [0.15, 0.2) is 48.5 Å². The predicted molar refractivity (Wildman–Crippen MR) is 170 cm³/mol. The third-order valence-electron chi connectivity index (χ3n) is 7.93. The van der Waals surface area contributed by atoms with E-state index in [2.05, 4.69) is 21.3 Å². The van der Waals surface area contributed by atoms with E-state index in [1.54, 1.807) is 0 Å². The summed E-state index contributed by atoms with van der Waals surface area (Å²) in [6.45, 7) is -1.76. The molecular weight excluding hydrogens is 642 g/mol. The number of primary amides is 1. The fourth-order valence-electron chi connectivity index (χ4n) is 5.59. The Hall–Kier alpha value is -6.00. The zero-order valence-electron chi connectivity index (χ0n) is 26.4. The Labute approximate surface area is 280 Å². The fourth-order valence-corrected chi connectivity index (χ4v) is 5.59. The highest BCUT2D eigenvalue weighted by molar-refractivity contribution is 5.93. The molecule has 17 heteroatoms. The first-order valence-corrected chi connectivity index (χ1v) is 15.4. The van der Waals surface area contributed by atoms with Gasteiger partial charge in [0.25, 0.3) is 0 Å². The Morgan fingerprint density at radius 3 is 1.82 bits per heavy atom. The number of nitrogens with two attached hydrogens (primary N) is 1. The van der Waals surface area contributed by atoms with Crippen molar-refractivity contribution in [3.8, 4) is 11.1 Å². The normalized spacial score (nSPS) is 15.2. The maximum Gasteiger partial charge on any atom is 0.410 e. The van der Waals surface area contributed by atoms with Crippen molar-refractivity contribution in [3.63, 3.8) is 0 Å². The van der Waals surface area contributed by atoms with E-state index in [4.69, 9.17) is 15.6 Å². The summed E-state index contributed by atoms with van der Waals surface area (Å²) in [4.78, 5) is 97.2. The maximum atomic E-state index is 13.1. The average molecular weight is 680 g/mol. The van der Waals surface area contributed by atoms with Crippen molar-refractivity contribution in [2.45, 2.75) is 37.3 Å². The minimum absolute atomic E-state index is 0.102. The summed E-state index contributed by atoms with van der Waals surface area (Å²) in [5.74, 6) is -6.24. The molecule has 2 atom stereocenters. The molecule has 1 heterocycles. The summed E-state index contributed by atoms with van der Waals surface area (Å²) in [6.07, 6.45) is -0.304. The second kappa shape index (κ2) is 16.7. The fraction of sp³-hybridized carbons (Fsp3) is 0.375. The first-order valence-electron chi connectivity index (χ1n) is 15.4. The van der Waals surface area contributed by atoms with Crippen LogP contribution in [0.5, 0.6) is 0 Å². The third kappa shape index (κ3) is 9.75. The molecular formula is C32H37N7O10. The molecule has 260 valence electrons. The van der Waals surface area contributed by atoms with Gasteiger partial charge >= 0.3 is 12.1 Å². The summed E-state index contributed by atoms with van der Waals surface area (Å²) >= 11 is 0. The van der Waals surface area contributed by atoms with Crippen LogP contribution in [0.1, 0.15) is 36.3 Å². The van der Waals surface area contributed by atoms with Crippen molar-refractivity contribution < 1.29 is 48.2 Å². The largest absolute Gasteiger partial charge is 0.480 e. The second-order valence-electron chi connectivity index (χ2n) is 11.3. The van der Waals surface area contributed by atoms with Crippen molar-refractivity contribution in [1.29, 1.82) is 0 Å². The average Bonchev–Trinajstić information content (AvgIpc) is 3.70. The molecule has 49 heavy (non-hydrogen) atoms. The number of carboxylic acid groups (broad SMARTS) is 1. The van der Waals surface area contributed by atoms with Gasteiger partial charge in [0.15, 0.2) is 0 Å². The molecule has 1 fully saturated rings. The number of amides is 7. The molecule has 1 aliphatic carbocycles. The lowest BCUT2D eigenvalue weighted by atomic mass is 9.98. The number of nitrogens with zero attached hydrogens (tertiary/aromatic N) is 1. The molecule has 2 aliphatic rings. The van der Waals surface area contributed by atoms with Gasteiger partial charge in [0.1, 0.15) is 18.7 Å². The van der Waals surface area contributed by atoms with Crippen LogP contribution in [0.4, 0.5) is 4.79 Å². The van der Waals surface area contributed by atoms with Crippen molar-refractivity contribution >= 4 is 47.5 Å². The van der Waals surface area contributed by atoms with Gasteiger partial charge in [-0.1, -0.05) is 48.5 Å². The van der Waals surface area contributed by atoms with E-state index in [1.165, 1.54) is 4.90 Å². The molecule has 2 aromatic rings. The van der Waals surface area contributed by atoms with Gasteiger partial charge in [0.2, 0.25) is 35.4 Å². The van der Waals surface area contributed by atoms with Gasteiger partial charge in [0.05, 0.1) is 32.6 Å². The number of hydrogen-bond donors (Lipinski definition) is 7. The van der Waals surface area contributed by atoms with Gasteiger partial charge in [-0.25, -0.2) is 9.59 Å². The number of nitrogens with one attached hydrogen (secondary N) is 5. The van der Waals surface area contributed by atoms with Crippen LogP contribution in [0.25, 0.3) is 11.1 Å². The van der Waals surface area contributed by atoms with Crippen molar-refractivity contribution in [2.75, 3.05) is 39.3 Å². The van der Waals surface area contributed by atoms with E-state index in [0.29, 0.717) is 19.4 Å². The number of aliphatic carboxylic acids is 1. The highest BCUT2D eigenvalue weighted by Gasteiger charge is 2.36. The molecule has 17 nitrogen and oxygen atoms in total. The summed E-state index contributed by atoms with van der Waals surface area (Å²) < 4.78 is 5.70. The second-order valence-corrected chi connectivity index (χ2v) is 11.3. The van der Waals surface area contributed by atoms with Crippen LogP contribution >= 0.6 is 0 Å². The molecule has 1 aliphatic heterocycles. The van der Waals surface area contributed by atoms with Crippen LogP contribution in [0, 0.1) is 0 Å². The number of hydrogen-bond acceptors (Lipinski definition) is 9. The van der Waals surface area contributed by atoms with Crippen LogP contribution in [-0.2, 0) is 38.3 Å². The van der Waals surface area contributed by atoms with Crippen LogP contribution in [0.2, 0.25) is 0 Å². The van der Waals surface area contributed by atoms with E-state index in [0.717, 1.165) is 22.3 Å². The summed E-state index contributed by atoms with van der Waals surface area (Å²) in [5.41, 5.74) is 9.24. The van der Waals surface area contributed by atoms with Crippen molar-refractivity contribution in [3.05, 3.63) is 59.7 Å². The number of rotatable bonds is 15. The number of carbonyl (C=O) groups is 8. The molecule has 1 saturated heterocycles. The molecule has 4 rings (SSSR count). The Morgan fingerprint density at radius 1 is 0.776 bits per heavy atom. The van der Waals surface area contributed by atoms with Gasteiger partial charge in [-0.2, -0.15) is 0 Å². The number of benzene rings is 2. The summed E-state index contributed by atoms with van der Waals surface area (Å²) in [7, 11) is 0. The topological polar surface area (TPSA) is 255 Å². The summed E-state index contributed by atoms with van der Waals surface area (Å²) in [5, 5.41) is 20.2. The molecule has 7 amide bonds. The minimum atomic E-state index is -1.56. The van der Waals surface area contributed by atoms with E-state index < -0.39 is 92.2 Å². The molecule has 0 aromatic heterocycles. The lowest BCUT2D eigenvalue weighted by Gasteiger charge is -2.24. The number of carbonyl (C=O) groups excluding carboxylic acids is 7. The van der Waals surface area contributed by atoms with Gasteiger partial charge < -0.3 is 42.2 Å². The number of likely N-dealkylation sites (tertiary alicyclic amines) is 1. The van der Waals surface area contributed by atoms with Gasteiger partial charge in [0, 0.05) is 12.5 Å². The Balaban J connectivity index is 1.13. The molecule has 0 spiro atoms. The standard InChI is InChI=1S/C32H37N7O10/c33-25(40)12-23(31(46)47)38-29(44)16-36-27(42)14-34-26(41)13-35-28(43)15-37-30(45)24-10-5-11-39(24)32(48)49-17-22-20-8-3-1-6-18(20)19-7-2-4-9-21(19)22/h1-4,6-9,22-24H,5,10-17H2,(H2,33,40)(H,34,41)(H,35,43)(H,36,42)(H,37,45)(H,38,44)(H,46,47)/t23-,24-/m0/s1. The summed E-state index contributed by atoms with van der Waals surface area (Å²) in [6, 6.07) is 13.5. The minimum Gasteiger partial charge on any atom is -0.480 e. The predicted octanol–water partition coefficient (Wildman–Crippen LogP) is -1.69. The lowest BCUT2D eigenvalue weighted by Crippen LogP contribution is -2.50. The zero-order valence-corrected chi connectivity index (χ0v) is 26.4. The van der Waals surface area contributed by atoms with Crippen LogP contribution < -0.4 is 32.3 Å². The smallest absolute Gasteiger partial charge is 0.410 e. The molecule has 0 unspecified atom stereocenters. The van der Waals surface area contributed by atoms with Crippen LogP contribution in [0.3, 0.4) is 0 Å². The zero-order chi connectivity index (χ0) is 35.5. The Kier molecular flexibility index (Phi) is 12.2.